The Morgan fingerprint density at radius 1 is 0.792 bits per heavy atom. The zero-order chi connectivity index (χ0) is 18.1. The second-order valence-corrected chi connectivity index (χ2v) is 5.60. The third-order valence-corrected chi connectivity index (χ3v) is 4.96. The highest BCUT2D eigenvalue weighted by Gasteiger charge is 2.74. The summed E-state index contributed by atoms with van der Waals surface area (Å²) >= 11 is 0. The van der Waals surface area contributed by atoms with E-state index in [1.165, 1.54) is 12.2 Å². The summed E-state index contributed by atoms with van der Waals surface area (Å²) in [6.07, 6.45) is 2.87. The largest absolute Gasteiger partial charge is 0.469 e. The van der Waals surface area contributed by atoms with Crippen molar-refractivity contribution < 1.29 is 19.1 Å². The molecule has 0 aromatic rings. The SMILES string of the molecule is COC(=O)[C@@H]1[C@@H](C(=O)OC)[C@@H]2C=C[C@H]1C(C#N)(C#N)C2(C#N)C#N. The lowest BCUT2D eigenvalue weighted by Gasteiger charge is -2.53. The van der Waals surface area contributed by atoms with Crippen molar-refractivity contribution >= 4 is 11.9 Å². The first kappa shape index (κ1) is 17.0. The van der Waals surface area contributed by atoms with Gasteiger partial charge in [0.15, 0.2) is 10.8 Å². The van der Waals surface area contributed by atoms with E-state index in [-0.39, 0.29) is 0 Å². The molecule has 0 heterocycles. The Bertz CT molecular complexity index is 695. The fourth-order valence-corrected chi connectivity index (χ4v) is 3.84. The molecule has 0 saturated heterocycles. The predicted molar refractivity (Wildman–Crippen MR) is 74.5 cm³/mol. The smallest absolute Gasteiger partial charge is 0.310 e. The molecule has 0 N–H and O–H groups in total. The molecular weight excluding hydrogens is 312 g/mol. The van der Waals surface area contributed by atoms with Crippen LogP contribution in [0.15, 0.2) is 12.2 Å². The average molecular weight is 324 g/mol. The molecule has 120 valence electrons. The highest BCUT2D eigenvalue weighted by atomic mass is 16.5. The number of allylic oxidation sites excluding steroid dienone is 2. The van der Waals surface area contributed by atoms with Crippen LogP contribution in [0.25, 0.3) is 0 Å². The Balaban J connectivity index is 2.83. The van der Waals surface area contributed by atoms with Gasteiger partial charge >= 0.3 is 11.9 Å². The fraction of sp³-hybridized carbons (Fsp3) is 0.500. The molecule has 24 heavy (non-hydrogen) atoms. The molecule has 1 fully saturated rings. The van der Waals surface area contributed by atoms with Crippen LogP contribution in [0.4, 0.5) is 0 Å². The maximum absolute atomic E-state index is 12.2. The minimum atomic E-state index is -2.10. The van der Waals surface area contributed by atoms with Crippen LogP contribution in [0.5, 0.6) is 0 Å². The van der Waals surface area contributed by atoms with Gasteiger partial charge in [0.25, 0.3) is 0 Å². The minimum absolute atomic E-state index is 0.802. The molecule has 8 heteroatoms. The summed E-state index contributed by atoms with van der Waals surface area (Å²) in [4.78, 5) is 24.5. The van der Waals surface area contributed by atoms with Crippen LogP contribution in [0.3, 0.4) is 0 Å². The van der Waals surface area contributed by atoms with E-state index >= 15 is 0 Å². The lowest BCUT2D eigenvalue weighted by atomic mass is 9.41. The van der Waals surface area contributed by atoms with Gasteiger partial charge in [-0.15, -0.1) is 0 Å². The van der Waals surface area contributed by atoms with Crippen molar-refractivity contribution in [2.45, 2.75) is 0 Å². The third kappa shape index (κ3) is 1.69. The normalized spacial score (nSPS) is 30.8. The Hall–Kier alpha value is -3.36. The monoisotopic (exact) mass is 324 g/mol. The Kier molecular flexibility index (Phi) is 4.03. The number of fused-ring (bicyclic) bond motifs is 2. The van der Waals surface area contributed by atoms with E-state index < -0.39 is 46.4 Å². The standard InChI is InChI=1S/C16H12N4O4/c1-23-13(21)11-9-3-4-10(12(11)14(22)24-2)16(7-19,8-20)15(9,5-17)6-18/h3-4,9-12H,1-2H3/t9-,10+,11-,12-/m0/s1. The van der Waals surface area contributed by atoms with Crippen LogP contribution < -0.4 is 0 Å². The van der Waals surface area contributed by atoms with Crippen molar-refractivity contribution in [3.8, 4) is 24.3 Å². The average Bonchev–Trinajstić information content (AvgIpc) is 2.65. The first-order valence-corrected chi connectivity index (χ1v) is 6.93. The van der Waals surface area contributed by atoms with Crippen LogP contribution in [0.2, 0.25) is 0 Å². The number of nitrogens with zero attached hydrogens (tertiary/aromatic N) is 4. The maximum Gasteiger partial charge on any atom is 0.310 e. The molecule has 0 unspecified atom stereocenters. The maximum atomic E-state index is 12.2. The van der Waals surface area contributed by atoms with Crippen molar-refractivity contribution in [1.82, 2.24) is 0 Å². The van der Waals surface area contributed by atoms with Crippen molar-refractivity contribution in [2.24, 2.45) is 34.5 Å². The minimum Gasteiger partial charge on any atom is -0.469 e. The van der Waals surface area contributed by atoms with E-state index in [0.717, 1.165) is 14.2 Å². The summed E-state index contributed by atoms with van der Waals surface area (Å²) in [6.45, 7) is 0. The van der Waals surface area contributed by atoms with Crippen molar-refractivity contribution in [1.29, 1.82) is 21.0 Å². The van der Waals surface area contributed by atoms with Crippen LogP contribution in [0, 0.1) is 79.8 Å². The third-order valence-electron chi connectivity index (χ3n) is 4.96. The number of rotatable bonds is 2. The number of ether oxygens (including phenoxy) is 2. The first-order chi connectivity index (χ1) is 11.4. The van der Waals surface area contributed by atoms with Gasteiger partial charge in [0.1, 0.15) is 0 Å². The molecule has 0 aliphatic heterocycles. The quantitative estimate of drug-likeness (QED) is 0.525. The molecule has 3 aliphatic rings. The van der Waals surface area contributed by atoms with E-state index in [2.05, 4.69) is 0 Å². The molecule has 0 aromatic heterocycles. The van der Waals surface area contributed by atoms with Gasteiger partial charge in [0, 0.05) is 11.8 Å². The van der Waals surface area contributed by atoms with Gasteiger partial charge < -0.3 is 9.47 Å². The van der Waals surface area contributed by atoms with Crippen LogP contribution in [-0.2, 0) is 19.1 Å². The summed E-state index contributed by atoms with van der Waals surface area (Å²) in [5.41, 5.74) is -4.20. The highest BCUT2D eigenvalue weighted by molar-refractivity contribution is 5.85. The second kappa shape index (κ2) is 5.69. The van der Waals surface area contributed by atoms with E-state index in [9.17, 15) is 30.6 Å². The van der Waals surface area contributed by atoms with Gasteiger partial charge in [-0.25, -0.2) is 0 Å². The number of methoxy groups -OCH3 is 2. The molecule has 0 amide bonds. The topological polar surface area (TPSA) is 148 Å². The van der Waals surface area contributed by atoms with Gasteiger partial charge in [-0.2, -0.15) is 21.0 Å². The molecule has 2 bridgehead atoms. The number of carbonyl (C=O) groups excluding carboxylic acids is 2. The molecule has 8 nitrogen and oxygen atoms in total. The molecule has 1 saturated carbocycles. The summed E-state index contributed by atoms with van der Waals surface area (Å²) in [5, 5.41) is 38.6. The van der Waals surface area contributed by atoms with Crippen molar-refractivity contribution in [3.05, 3.63) is 12.2 Å². The van der Waals surface area contributed by atoms with E-state index in [0.29, 0.717) is 0 Å². The lowest BCUT2D eigenvalue weighted by Crippen LogP contribution is -2.63. The summed E-state index contributed by atoms with van der Waals surface area (Å²) < 4.78 is 9.44. The zero-order valence-corrected chi connectivity index (χ0v) is 12.9. The molecule has 3 rings (SSSR count). The van der Waals surface area contributed by atoms with Gasteiger partial charge in [0.2, 0.25) is 0 Å². The van der Waals surface area contributed by atoms with E-state index in [1.807, 2.05) is 0 Å². The number of esters is 2. The molecule has 3 aliphatic carbocycles. The number of carbonyl (C=O) groups is 2. The Morgan fingerprint density at radius 2 is 1.08 bits per heavy atom. The Labute approximate surface area is 138 Å². The van der Waals surface area contributed by atoms with Crippen LogP contribution >= 0.6 is 0 Å². The molecule has 0 spiro atoms. The highest BCUT2D eigenvalue weighted by Crippen LogP contribution is 2.64. The summed E-state index contributed by atoms with van der Waals surface area (Å²) in [6, 6.07) is 7.04. The van der Waals surface area contributed by atoms with Gasteiger partial charge in [-0.1, -0.05) is 12.2 Å². The van der Waals surface area contributed by atoms with Crippen LogP contribution in [-0.4, -0.2) is 26.2 Å². The summed E-state index contributed by atoms with van der Waals surface area (Å²) in [7, 11) is 2.23. The van der Waals surface area contributed by atoms with E-state index in [4.69, 9.17) is 9.47 Å². The first-order valence-electron chi connectivity index (χ1n) is 6.93. The van der Waals surface area contributed by atoms with Crippen LogP contribution in [0.1, 0.15) is 0 Å². The number of hydrogen-bond acceptors (Lipinski definition) is 8. The Morgan fingerprint density at radius 3 is 1.29 bits per heavy atom. The van der Waals surface area contributed by atoms with Gasteiger partial charge in [0.05, 0.1) is 50.3 Å². The second-order valence-electron chi connectivity index (χ2n) is 5.60. The predicted octanol–water partition coefficient (Wildman–Crippen LogP) is 0.448. The fourth-order valence-electron chi connectivity index (χ4n) is 3.84. The number of nitriles is 4. The van der Waals surface area contributed by atoms with Gasteiger partial charge in [-0.3, -0.25) is 9.59 Å². The molecule has 0 radical (unpaired) electrons. The van der Waals surface area contributed by atoms with Gasteiger partial charge in [-0.05, 0) is 0 Å². The van der Waals surface area contributed by atoms with E-state index in [1.54, 1.807) is 24.3 Å². The molecule has 0 aromatic carbocycles. The zero-order valence-electron chi connectivity index (χ0n) is 12.9. The lowest BCUT2D eigenvalue weighted by molar-refractivity contribution is -0.171. The number of hydrogen-bond donors (Lipinski definition) is 0. The molecular formula is C16H12N4O4. The van der Waals surface area contributed by atoms with Crippen molar-refractivity contribution in [2.75, 3.05) is 14.2 Å². The van der Waals surface area contributed by atoms with Crippen molar-refractivity contribution in [3.63, 3.8) is 0 Å². The molecule has 4 atom stereocenters. The summed E-state index contributed by atoms with van der Waals surface area (Å²) in [5.74, 6) is -6.27.